The van der Waals surface area contributed by atoms with Crippen LogP contribution in [0, 0.1) is 5.92 Å². The van der Waals surface area contributed by atoms with E-state index in [2.05, 4.69) is 5.32 Å². The fourth-order valence-electron chi connectivity index (χ4n) is 2.99. The van der Waals surface area contributed by atoms with Crippen molar-refractivity contribution in [2.24, 2.45) is 5.92 Å². The molecule has 0 aromatic heterocycles. The number of nitrogens with one attached hydrogen (secondary N) is 1. The molecule has 0 aliphatic carbocycles. The topological polar surface area (TPSA) is 84.9 Å². The second-order valence-electron chi connectivity index (χ2n) is 6.36. The third-order valence-corrected chi connectivity index (χ3v) is 4.94. The van der Waals surface area contributed by atoms with Crippen molar-refractivity contribution in [2.75, 3.05) is 30.5 Å². The van der Waals surface area contributed by atoms with E-state index >= 15 is 0 Å². The summed E-state index contributed by atoms with van der Waals surface area (Å²) in [6, 6.07) is 11.6. The van der Waals surface area contributed by atoms with Crippen LogP contribution in [-0.4, -0.2) is 38.0 Å². The van der Waals surface area contributed by atoms with Gasteiger partial charge in [0.2, 0.25) is 5.91 Å². The molecule has 2 amide bonds. The molecule has 1 aliphatic rings. The Labute approximate surface area is 177 Å². The number of rotatable bonds is 6. The number of benzene rings is 2. The lowest BCUT2D eigenvalue weighted by Crippen LogP contribution is -2.28. The number of methoxy groups -OCH3 is 1. The Kier molecular flexibility index (Phi) is 6.61. The lowest BCUT2D eigenvalue weighted by molar-refractivity contribution is -0.151. The van der Waals surface area contributed by atoms with E-state index in [4.69, 9.17) is 32.7 Å². The third-order valence-electron chi connectivity index (χ3n) is 4.38. The third kappa shape index (κ3) is 4.99. The van der Waals surface area contributed by atoms with Crippen molar-refractivity contribution >= 4 is 52.4 Å². The maximum Gasteiger partial charge on any atom is 0.311 e. The van der Waals surface area contributed by atoms with Gasteiger partial charge in [-0.1, -0.05) is 35.3 Å². The van der Waals surface area contributed by atoms with E-state index in [1.807, 2.05) is 0 Å². The second kappa shape index (κ2) is 9.15. The molecule has 1 saturated heterocycles. The molecule has 9 heteroatoms. The predicted octanol–water partition coefficient (Wildman–Crippen LogP) is 3.54. The Morgan fingerprint density at radius 3 is 2.69 bits per heavy atom. The summed E-state index contributed by atoms with van der Waals surface area (Å²) < 4.78 is 10.2. The molecule has 0 radical (unpaired) electrons. The van der Waals surface area contributed by atoms with E-state index < -0.39 is 24.4 Å². The number of hydrogen-bond acceptors (Lipinski definition) is 5. The summed E-state index contributed by atoms with van der Waals surface area (Å²) in [4.78, 5) is 38.2. The van der Waals surface area contributed by atoms with E-state index in [0.29, 0.717) is 27.2 Å². The maximum absolute atomic E-state index is 12.3. The highest BCUT2D eigenvalue weighted by Gasteiger charge is 2.37. The standard InChI is InChI=1S/C20H18Cl2N2O5/c1-28-17-7-6-13(21)9-15(17)23-18(25)11-29-20(27)12-8-19(26)24(10-12)16-5-3-2-4-14(16)22/h2-7,9,12H,8,10-11H2,1H3,(H,23,25)/t12-/m0/s1. The molecule has 1 aliphatic heterocycles. The van der Waals surface area contributed by atoms with Crippen LogP contribution in [0.4, 0.5) is 11.4 Å². The number of ether oxygens (including phenoxy) is 2. The van der Waals surface area contributed by atoms with Crippen LogP contribution in [0.2, 0.25) is 10.0 Å². The van der Waals surface area contributed by atoms with Crippen LogP contribution in [0.25, 0.3) is 0 Å². The van der Waals surface area contributed by atoms with Gasteiger partial charge >= 0.3 is 5.97 Å². The summed E-state index contributed by atoms with van der Waals surface area (Å²) in [5, 5.41) is 3.42. The summed E-state index contributed by atoms with van der Waals surface area (Å²) in [6.45, 7) is -0.351. The van der Waals surface area contributed by atoms with Gasteiger partial charge in [-0.3, -0.25) is 14.4 Å². The summed E-state index contributed by atoms with van der Waals surface area (Å²) >= 11 is 12.1. The minimum Gasteiger partial charge on any atom is -0.495 e. The fourth-order valence-corrected chi connectivity index (χ4v) is 3.40. The summed E-state index contributed by atoms with van der Waals surface area (Å²) in [7, 11) is 1.46. The molecule has 1 fully saturated rings. The minimum absolute atomic E-state index is 0.00616. The molecule has 2 aromatic carbocycles. The molecule has 152 valence electrons. The van der Waals surface area contributed by atoms with Crippen molar-refractivity contribution in [1.82, 2.24) is 0 Å². The first-order valence-corrected chi connectivity index (χ1v) is 9.49. The van der Waals surface area contributed by atoms with Crippen molar-refractivity contribution in [1.29, 1.82) is 0 Å². The molecule has 0 unspecified atom stereocenters. The van der Waals surface area contributed by atoms with Gasteiger partial charge in [-0.25, -0.2) is 0 Å². The Morgan fingerprint density at radius 2 is 1.97 bits per heavy atom. The van der Waals surface area contributed by atoms with Crippen molar-refractivity contribution < 1.29 is 23.9 Å². The fraction of sp³-hybridized carbons (Fsp3) is 0.250. The van der Waals surface area contributed by atoms with E-state index in [9.17, 15) is 14.4 Å². The Bertz CT molecular complexity index is 950. The van der Waals surface area contributed by atoms with E-state index in [1.54, 1.807) is 36.4 Å². The first-order chi connectivity index (χ1) is 13.9. The van der Waals surface area contributed by atoms with Crippen molar-refractivity contribution in [3.63, 3.8) is 0 Å². The number of anilines is 2. The molecule has 7 nitrogen and oxygen atoms in total. The number of hydrogen-bond donors (Lipinski definition) is 1. The van der Waals surface area contributed by atoms with Crippen LogP contribution in [-0.2, 0) is 19.1 Å². The lowest BCUT2D eigenvalue weighted by Gasteiger charge is -2.17. The van der Waals surface area contributed by atoms with E-state index in [0.717, 1.165) is 0 Å². The van der Waals surface area contributed by atoms with Crippen LogP contribution in [0.3, 0.4) is 0 Å². The molecule has 1 atom stereocenters. The maximum atomic E-state index is 12.3. The van der Waals surface area contributed by atoms with Gasteiger partial charge < -0.3 is 19.7 Å². The molecule has 0 saturated carbocycles. The minimum atomic E-state index is -0.674. The van der Waals surface area contributed by atoms with Gasteiger partial charge in [-0.2, -0.15) is 0 Å². The van der Waals surface area contributed by atoms with Gasteiger partial charge in [0.15, 0.2) is 6.61 Å². The average Bonchev–Trinajstić information content (AvgIpc) is 3.08. The van der Waals surface area contributed by atoms with Crippen molar-refractivity contribution in [3.8, 4) is 5.75 Å². The summed E-state index contributed by atoms with van der Waals surface area (Å²) in [5.74, 6) is -1.65. The molecule has 0 bridgehead atoms. The van der Waals surface area contributed by atoms with Crippen LogP contribution < -0.4 is 15.0 Å². The zero-order valence-electron chi connectivity index (χ0n) is 15.5. The van der Waals surface area contributed by atoms with Crippen molar-refractivity contribution in [3.05, 3.63) is 52.5 Å². The highest BCUT2D eigenvalue weighted by atomic mass is 35.5. The summed E-state index contributed by atoms with van der Waals surface area (Å²) in [5.41, 5.74) is 0.905. The number of amides is 2. The highest BCUT2D eigenvalue weighted by molar-refractivity contribution is 6.34. The van der Waals surface area contributed by atoms with Gasteiger partial charge in [0, 0.05) is 18.0 Å². The smallest absolute Gasteiger partial charge is 0.311 e. The number of esters is 1. The number of carbonyl (C=O) groups is 3. The van der Waals surface area contributed by atoms with Crippen LogP contribution >= 0.6 is 23.2 Å². The second-order valence-corrected chi connectivity index (χ2v) is 7.20. The molecular formula is C20H18Cl2N2O5. The van der Waals surface area contributed by atoms with Gasteiger partial charge in [0.05, 0.1) is 29.4 Å². The van der Waals surface area contributed by atoms with Gasteiger partial charge in [-0.15, -0.1) is 0 Å². The Balaban J connectivity index is 1.56. The van der Waals surface area contributed by atoms with Crippen LogP contribution in [0.15, 0.2) is 42.5 Å². The molecule has 0 spiro atoms. The number of nitrogens with zero attached hydrogens (tertiary/aromatic N) is 1. The van der Waals surface area contributed by atoms with E-state index in [-0.39, 0.29) is 18.9 Å². The molecule has 29 heavy (non-hydrogen) atoms. The average molecular weight is 437 g/mol. The highest BCUT2D eigenvalue weighted by Crippen LogP contribution is 2.31. The molecule has 1 heterocycles. The van der Waals surface area contributed by atoms with Crippen molar-refractivity contribution in [2.45, 2.75) is 6.42 Å². The number of carbonyl (C=O) groups excluding carboxylic acids is 3. The SMILES string of the molecule is COc1ccc(Cl)cc1NC(=O)COC(=O)[C@H]1CC(=O)N(c2ccccc2Cl)C1. The van der Waals surface area contributed by atoms with Crippen LogP contribution in [0.5, 0.6) is 5.75 Å². The predicted molar refractivity (Wildman–Crippen MR) is 110 cm³/mol. The normalized spacial score (nSPS) is 15.9. The van der Waals surface area contributed by atoms with Gasteiger partial charge in [0.1, 0.15) is 5.75 Å². The summed E-state index contributed by atoms with van der Waals surface area (Å²) in [6.07, 6.45) is -0.00616. The Hall–Kier alpha value is -2.77. The molecular weight excluding hydrogens is 419 g/mol. The lowest BCUT2D eigenvalue weighted by atomic mass is 10.1. The van der Waals surface area contributed by atoms with E-state index in [1.165, 1.54) is 18.1 Å². The number of para-hydroxylation sites is 1. The Morgan fingerprint density at radius 1 is 1.21 bits per heavy atom. The quantitative estimate of drug-likeness (QED) is 0.699. The molecule has 3 rings (SSSR count). The van der Waals surface area contributed by atoms with Gasteiger partial charge in [-0.05, 0) is 30.3 Å². The number of halogens is 2. The van der Waals surface area contributed by atoms with Crippen LogP contribution in [0.1, 0.15) is 6.42 Å². The monoisotopic (exact) mass is 436 g/mol. The molecule has 1 N–H and O–H groups in total. The first-order valence-electron chi connectivity index (χ1n) is 8.74. The first kappa shape index (κ1) is 21.0. The largest absolute Gasteiger partial charge is 0.495 e. The zero-order chi connectivity index (χ0) is 21.0. The van der Waals surface area contributed by atoms with Gasteiger partial charge in [0.25, 0.3) is 5.91 Å². The molecule has 2 aromatic rings. The zero-order valence-corrected chi connectivity index (χ0v) is 17.0.